The number of ketones is 2. The number of hydrogen-bond donors (Lipinski definition) is 4. The van der Waals surface area contributed by atoms with Crippen LogP contribution in [0.15, 0.2) is 23.8 Å². The van der Waals surface area contributed by atoms with Crippen LogP contribution in [0.4, 0.5) is 8.78 Å². The van der Waals surface area contributed by atoms with E-state index in [2.05, 4.69) is 0 Å². The number of carboxylic acid groups (broad SMARTS) is 1. The van der Waals surface area contributed by atoms with E-state index in [4.69, 9.17) is 18.9 Å². The second-order valence-electron chi connectivity index (χ2n) is 13.7. The molecule has 2 aliphatic heterocycles. The van der Waals surface area contributed by atoms with E-state index < -0.39 is 113 Å². The fourth-order valence-corrected chi connectivity index (χ4v) is 9.33. The Hall–Kier alpha value is -1.17. The van der Waals surface area contributed by atoms with Gasteiger partial charge in [0, 0.05) is 16.7 Å². The van der Waals surface area contributed by atoms with Crippen molar-refractivity contribution < 1.29 is 97.2 Å². The van der Waals surface area contributed by atoms with Gasteiger partial charge in [-0.3, -0.25) is 9.59 Å². The topological polar surface area (TPSA) is 192 Å². The molecule has 0 aromatic carbocycles. The van der Waals surface area contributed by atoms with Crippen LogP contribution in [0.5, 0.6) is 0 Å². The first-order valence-corrected chi connectivity index (χ1v) is 15.4. The van der Waals surface area contributed by atoms with Crippen molar-refractivity contribution in [3.63, 3.8) is 0 Å². The van der Waals surface area contributed by atoms with Crippen molar-refractivity contribution in [1.82, 2.24) is 0 Å². The van der Waals surface area contributed by atoms with Gasteiger partial charge >= 0.3 is 29.6 Å². The van der Waals surface area contributed by atoms with Gasteiger partial charge in [0.2, 0.25) is 0 Å². The Morgan fingerprint density at radius 1 is 1.09 bits per heavy atom. The van der Waals surface area contributed by atoms with E-state index in [0.717, 1.165) is 6.08 Å². The summed E-state index contributed by atoms with van der Waals surface area (Å²) in [5.41, 5.74) is -7.16. The van der Waals surface area contributed by atoms with Crippen molar-refractivity contribution in [2.24, 2.45) is 22.7 Å². The van der Waals surface area contributed by atoms with E-state index in [1.807, 2.05) is 6.92 Å². The van der Waals surface area contributed by atoms with Crippen LogP contribution >= 0.6 is 0 Å². The molecule has 0 amide bonds. The summed E-state index contributed by atoms with van der Waals surface area (Å²) in [4.78, 5) is 37.8. The third kappa shape index (κ3) is 4.81. The van der Waals surface area contributed by atoms with Crippen LogP contribution in [-0.4, -0.2) is 111 Å². The van der Waals surface area contributed by atoms with Gasteiger partial charge in [0.05, 0.1) is 18.2 Å². The van der Waals surface area contributed by atoms with E-state index >= 15 is 8.78 Å². The van der Waals surface area contributed by atoms with Crippen LogP contribution in [0.25, 0.3) is 0 Å². The molecule has 46 heavy (non-hydrogen) atoms. The first-order chi connectivity index (χ1) is 21.1. The Morgan fingerprint density at radius 3 is 2.43 bits per heavy atom. The molecule has 0 radical (unpaired) electrons. The van der Waals surface area contributed by atoms with E-state index in [9.17, 15) is 39.9 Å². The molecule has 3 saturated carbocycles. The Balaban J connectivity index is 0.00000417. The van der Waals surface area contributed by atoms with Crippen LogP contribution in [0.2, 0.25) is 0 Å². The minimum Gasteiger partial charge on any atom is -0.547 e. The van der Waals surface area contributed by atoms with Crippen LogP contribution < -0.4 is 34.7 Å². The molecule has 15 heteroatoms. The van der Waals surface area contributed by atoms with Gasteiger partial charge in [-0.1, -0.05) is 26.3 Å². The second-order valence-corrected chi connectivity index (χ2v) is 13.7. The van der Waals surface area contributed by atoms with Gasteiger partial charge in [-0.15, -0.1) is 0 Å². The van der Waals surface area contributed by atoms with E-state index in [-0.39, 0.29) is 54.4 Å². The first-order valence-electron chi connectivity index (χ1n) is 15.4. The van der Waals surface area contributed by atoms with E-state index in [1.54, 1.807) is 6.92 Å². The number of rotatable bonds is 7. The maximum atomic E-state index is 17.6. The summed E-state index contributed by atoms with van der Waals surface area (Å²) in [6, 6.07) is 0. The molecule has 250 valence electrons. The molecule has 2 saturated heterocycles. The monoisotopic (exact) mass is 664 g/mol. The van der Waals surface area contributed by atoms with Gasteiger partial charge < -0.3 is 49.3 Å². The summed E-state index contributed by atoms with van der Waals surface area (Å²) in [6.07, 6.45) is -10.9. The molecule has 4 aliphatic carbocycles. The van der Waals surface area contributed by atoms with E-state index in [0.29, 0.717) is 12.8 Å². The minimum absolute atomic E-state index is 0. The molecule has 4 N–H and O–H groups in total. The quantitative estimate of drug-likeness (QED) is 0.196. The molecule has 2 heterocycles. The zero-order valence-electron chi connectivity index (χ0n) is 26.1. The summed E-state index contributed by atoms with van der Waals surface area (Å²) in [6.45, 7) is 4.20. The van der Waals surface area contributed by atoms with Crippen molar-refractivity contribution in [3.8, 4) is 0 Å². The summed E-state index contributed by atoms with van der Waals surface area (Å²) >= 11 is 0. The molecule has 0 spiro atoms. The van der Waals surface area contributed by atoms with Gasteiger partial charge in [-0.05, 0) is 56.3 Å². The summed E-state index contributed by atoms with van der Waals surface area (Å²) in [7, 11) is 0. The summed E-state index contributed by atoms with van der Waals surface area (Å²) in [5, 5.41) is 53.6. The first kappa shape index (κ1) is 36.1. The third-order valence-electron chi connectivity index (χ3n) is 11.5. The zero-order chi connectivity index (χ0) is 32.9. The number of aliphatic carboxylic acids is 1. The number of carbonyl (C=O) groups is 3. The van der Waals surface area contributed by atoms with Crippen molar-refractivity contribution >= 4 is 17.5 Å². The normalized spacial score (nSPS) is 50.8. The molecular weight excluding hydrogens is 625 g/mol. The van der Waals surface area contributed by atoms with Crippen molar-refractivity contribution in [2.45, 2.75) is 120 Å². The zero-order valence-corrected chi connectivity index (χ0v) is 28.1. The van der Waals surface area contributed by atoms with Crippen LogP contribution in [0.1, 0.15) is 52.9 Å². The number of fused-ring (bicyclic) bond motifs is 7. The van der Waals surface area contributed by atoms with Gasteiger partial charge in [-0.2, -0.15) is 0 Å². The smallest absolute Gasteiger partial charge is 0.547 e. The Morgan fingerprint density at radius 2 is 1.78 bits per heavy atom. The maximum Gasteiger partial charge on any atom is 1.00 e. The number of carbonyl (C=O) groups excluding carboxylic acids is 3. The number of Topliss-reactive ketones (excluding diaryl/α,β-unsaturated/α-hetero) is 1. The summed E-state index contributed by atoms with van der Waals surface area (Å²) in [5.74, 6) is -4.88. The van der Waals surface area contributed by atoms with Gasteiger partial charge in [-0.25, -0.2) is 8.78 Å². The molecule has 0 bridgehead atoms. The number of carboxylic acids is 1. The van der Waals surface area contributed by atoms with Crippen LogP contribution in [0.3, 0.4) is 0 Å². The molecule has 6 rings (SSSR count). The van der Waals surface area contributed by atoms with E-state index in [1.165, 1.54) is 19.1 Å². The molecule has 0 aromatic heterocycles. The number of hydrogen-bond acceptors (Lipinski definition) is 12. The molecule has 6 aliphatic rings. The molecule has 12 nitrogen and oxygen atoms in total. The predicted molar refractivity (Wildman–Crippen MR) is 144 cm³/mol. The predicted octanol–water partition coefficient (Wildman–Crippen LogP) is -3.66. The Labute approximate surface area is 286 Å². The maximum absolute atomic E-state index is 17.6. The SMILES string of the molecule is CCCC1OC2CC3C4C[C@H](F)C5=CC(=O)C=C[C@]5(C)[C@@]4(F)[C@@H](O)C[C@]3(C)C2(C(=O)COC2O[C@H](C(=O)[O-])[C@@H](O)[C@H](O)[C@H]2O)O1.[Na+]. The second kappa shape index (κ2) is 12.3. The minimum atomic E-state index is -2.39. The van der Waals surface area contributed by atoms with Crippen molar-refractivity contribution in [1.29, 1.82) is 0 Å². The third-order valence-corrected chi connectivity index (χ3v) is 11.5. The average molecular weight is 665 g/mol. The number of allylic oxidation sites excluding steroid dienone is 4. The fourth-order valence-electron chi connectivity index (χ4n) is 9.33. The van der Waals surface area contributed by atoms with Crippen LogP contribution in [0, 0.1) is 22.7 Å². The summed E-state index contributed by atoms with van der Waals surface area (Å²) < 4.78 is 56.6. The average Bonchev–Trinajstić information content (AvgIpc) is 3.46. The molecule has 0 aromatic rings. The molecule has 15 atom stereocenters. The fraction of sp³-hybridized carbons (Fsp3) is 0.774. The van der Waals surface area contributed by atoms with Crippen molar-refractivity contribution in [3.05, 3.63) is 23.8 Å². The number of aliphatic hydroxyl groups is 4. The largest absolute Gasteiger partial charge is 1.00 e. The Kier molecular flexibility index (Phi) is 9.66. The van der Waals surface area contributed by atoms with Crippen molar-refractivity contribution in [2.75, 3.05) is 6.61 Å². The Bertz CT molecular complexity index is 1330. The number of halogens is 2. The molecular formula is C31H39F2NaO12. The van der Waals surface area contributed by atoms with Gasteiger partial charge in [0.1, 0.15) is 37.2 Å². The standard InChI is InChI=1S/C31H40F2O12.Na/c1-4-5-21-43-20-10-14-15-9-17(32)16-8-13(34)6-7-28(16,2)30(15,33)18(35)11-29(14,3)31(20,45-21)19(36)12-42-27-24(39)22(37)23(38)25(44-27)26(40)41;/h6-8,14-15,17-18,20-25,27,35,37-39H,4-5,9-12H2,1-3H3,(H,40,41);/q;+1/p-1/t14?,15?,17-,18-,20?,21?,22-,23-,24+,25-,27?,28-,29-,30-,31?;/m0./s1. The van der Waals surface area contributed by atoms with Gasteiger partial charge in [0.15, 0.2) is 35.4 Å². The van der Waals surface area contributed by atoms with Gasteiger partial charge in [0.25, 0.3) is 0 Å². The number of ether oxygens (including phenoxy) is 4. The van der Waals surface area contributed by atoms with Crippen LogP contribution in [-0.2, 0) is 33.3 Å². The molecule has 5 fully saturated rings. The molecule has 6 unspecified atom stereocenters. The number of alkyl halides is 2. The number of aliphatic hydroxyl groups excluding tert-OH is 4.